The molecule has 0 spiro atoms. The number of hydrogen-bond donors (Lipinski definition) is 1. The van der Waals surface area contributed by atoms with Gasteiger partial charge in [-0.25, -0.2) is 0 Å². The second-order valence-corrected chi connectivity index (χ2v) is 8.53. The van der Waals surface area contributed by atoms with E-state index in [0.717, 1.165) is 10.4 Å². The summed E-state index contributed by atoms with van der Waals surface area (Å²) in [5.41, 5.74) is 1.15. The van der Waals surface area contributed by atoms with Gasteiger partial charge in [-0.15, -0.1) is 11.3 Å². The van der Waals surface area contributed by atoms with Crippen molar-refractivity contribution < 1.29 is 19.4 Å². The summed E-state index contributed by atoms with van der Waals surface area (Å²) >= 11 is 7.71. The Morgan fingerprint density at radius 1 is 1.34 bits per heavy atom. The standard InChI is InChI=1S/C21H23ClN2O4S/c1-12-10-13(20(28-4)14(22)11-12)18(25)16-17(15-6-5-9-29-15)24(8-7-23(2)3)21(27)19(16)26/h5-6,9-11,17,25H,7-8H2,1-4H3/b18-16-. The van der Waals surface area contributed by atoms with Crippen LogP contribution in [-0.4, -0.2) is 60.9 Å². The van der Waals surface area contributed by atoms with Crippen LogP contribution in [0.4, 0.5) is 0 Å². The summed E-state index contributed by atoms with van der Waals surface area (Å²) in [5, 5.41) is 13.4. The molecule has 2 aromatic rings. The number of carbonyl (C=O) groups is 2. The van der Waals surface area contributed by atoms with Crippen molar-refractivity contribution in [3.8, 4) is 5.75 Å². The van der Waals surface area contributed by atoms with E-state index >= 15 is 0 Å². The zero-order chi connectivity index (χ0) is 21.3. The van der Waals surface area contributed by atoms with E-state index in [0.29, 0.717) is 23.7 Å². The molecule has 1 aliphatic rings. The maximum absolute atomic E-state index is 13.0. The molecule has 1 aromatic carbocycles. The van der Waals surface area contributed by atoms with Crippen LogP contribution in [-0.2, 0) is 9.59 Å². The molecule has 0 radical (unpaired) electrons. The van der Waals surface area contributed by atoms with E-state index in [9.17, 15) is 14.7 Å². The quantitative estimate of drug-likeness (QED) is 0.426. The highest BCUT2D eigenvalue weighted by Crippen LogP contribution is 2.43. The first-order chi connectivity index (χ1) is 13.8. The molecule has 1 atom stereocenters. The molecule has 1 aromatic heterocycles. The molecule has 0 saturated carbocycles. The smallest absolute Gasteiger partial charge is 0.295 e. The largest absolute Gasteiger partial charge is 0.507 e. The van der Waals surface area contributed by atoms with Gasteiger partial charge in [-0.05, 0) is 50.2 Å². The molecule has 0 bridgehead atoms. The Morgan fingerprint density at radius 2 is 2.07 bits per heavy atom. The lowest BCUT2D eigenvalue weighted by Crippen LogP contribution is -2.35. The Kier molecular flexibility index (Phi) is 6.31. The average Bonchev–Trinajstić information content (AvgIpc) is 3.26. The van der Waals surface area contributed by atoms with Crippen LogP contribution in [0.5, 0.6) is 5.75 Å². The number of aliphatic hydroxyl groups is 1. The first-order valence-corrected chi connectivity index (χ1v) is 10.3. The number of thiophene rings is 1. The second-order valence-electron chi connectivity index (χ2n) is 7.14. The van der Waals surface area contributed by atoms with Crippen molar-refractivity contribution in [1.82, 2.24) is 9.80 Å². The number of carbonyl (C=O) groups excluding carboxylic acids is 2. The van der Waals surface area contributed by atoms with E-state index in [-0.39, 0.29) is 17.1 Å². The minimum absolute atomic E-state index is 0.0520. The maximum atomic E-state index is 13.0. The number of aryl methyl sites for hydroxylation is 1. The van der Waals surface area contributed by atoms with Crippen LogP contribution in [0.1, 0.15) is 22.0 Å². The van der Waals surface area contributed by atoms with Crippen LogP contribution in [0.2, 0.25) is 5.02 Å². The normalized spacial score (nSPS) is 18.7. The Hall–Kier alpha value is -2.35. The molecule has 8 heteroatoms. The molecule has 1 aliphatic heterocycles. The summed E-state index contributed by atoms with van der Waals surface area (Å²) in [7, 11) is 5.24. The molecule has 1 fully saturated rings. The predicted octanol–water partition coefficient (Wildman–Crippen LogP) is 3.70. The fraction of sp³-hybridized carbons (Fsp3) is 0.333. The lowest BCUT2D eigenvalue weighted by atomic mass is 9.98. The minimum Gasteiger partial charge on any atom is -0.507 e. The monoisotopic (exact) mass is 434 g/mol. The highest BCUT2D eigenvalue weighted by atomic mass is 35.5. The highest BCUT2D eigenvalue weighted by Gasteiger charge is 2.46. The van der Waals surface area contributed by atoms with Crippen LogP contribution in [0.15, 0.2) is 35.2 Å². The van der Waals surface area contributed by atoms with Crippen LogP contribution < -0.4 is 4.74 Å². The maximum Gasteiger partial charge on any atom is 0.295 e. The topological polar surface area (TPSA) is 70.1 Å². The fourth-order valence-corrected chi connectivity index (χ4v) is 4.61. The van der Waals surface area contributed by atoms with Gasteiger partial charge in [0.1, 0.15) is 11.5 Å². The number of likely N-dealkylation sites (N-methyl/N-ethyl adjacent to an activating group) is 1. The Labute approximate surface area is 179 Å². The Bertz CT molecular complexity index is 969. The number of nitrogens with zero attached hydrogens (tertiary/aromatic N) is 2. The molecular weight excluding hydrogens is 412 g/mol. The second kappa shape index (κ2) is 8.57. The van der Waals surface area contributed by atoms with Crippen molar-refractivity contribution in [2.45, 2.75) is 13.0 Å². The lowest BCUT2D eigenvalue weighted by Gasteiger charge is -2.25. The number of likely N-dealkylation sites (tertiary alicyclic amines) is 1. The molecule has 2 heterocycles. The summed E-state index contributed by atoms with van der Waals surface area (Å²) < 4.78 is 5.37. The van der Waals surface area contributed by atoms with E-state index in [2.05, 4.69) is 0 Å². The number of methoxy groups -OCH3 is 1. The van der Waals surface area contributed by atoms with Crippen molar-refractivity contribution in [1.29, 1.82) is 0 Å². The fourth-order valence-electron chi connectivity index (χ4n) is 3.42. The summed E-state index contributed by atoms with van der Waals surface area (Å²) in [6, 6.07) is 6.47. The van der Waals surface area contributed by atoms with Gasteiger partial charge in [-0.2, -0.15) is 0 Å². The Balaban J connectivity index is 2.20. The molecule has 1 saturated heterocycles. The van der Waals surface area contributed by atoms with Crippen molar-refractivity contribution in [2.24, 2.45) is 0 Å². The highest BCUT2D eigenvalue weighted by molar-refractivity contribution is 7.10. The lowest BCUT2D eigenvalue weighted by molar-refractivity contribution is -0.140. The first kappa shape index (κ1) is 21.4. The summed E-state index contributed by atoms with van der Waals surface area (Å²) in [6.45, 7) is 2.78. The SMILES string of the molecule is COc1c(Cl)cc(C)cc1/C(O)=C1/C(=O)C(=O)N(CCN(C)C)C1c1cccs1. The van der Waals surface area contributed by atoms with Crippen LogP contribution in [0.3, 0.4) is 0 Å². The first-order valence-electron chi connectivity index (χ1n) is 9.07. The van der Waals surface area contributed by atoms with Gasteiger partial charge in [0.15, 0.2) is 0 Å². The van der Waals surface area contributed by atoms with Gasteiger partial charge in [0.05, 0.1) is 29.3 Å². The number of benzene rings is 1. The number of amides is 1. The van der Waals surface area contributed by atoms with Crippen molar-refractivity contribution in [3.05, 3.63) is 56.2 Å². The average molecular weight is 435 g/mol. The summed E-state index contributed by atoms with van der Waals surface area (Å²) in [4.78, 5) is 30.0. The Morgan fingerprint density at radius 3 is 2.66 bits per heavy atom. The minimum atomic E-state index is -0.709. The van der Waals surface area contributed by atoms with Gasteiger partial charge < -0.3 is 19.6 Å². The van der Waals surface area contributed by atoms with E-state index in [1.54, 1.807) is 12.1 Å². The van der Waals surface area contributed by atoms with Gasteiger partial charge in [0, 0.05) is 18.0 Å². The molecule has 3 rings (SSSR count). The molecule has 1 N–H and O–H groups in total. The van der Waals surface area contributed by atoms with Crippen molar-refractivity contribution in [3.63, 3.8) is 0 Å². The molecule has 1 unspecified atom stereocenters. The molecule has 154 valence electrons. The number of ether oxygens (including phenoxy) is 1. The van der Waals surface area contributed by atoms with Crippen LogP contribution >= 0.6 is 22.9 Å². The number of rotatable bonds is 6. The molecule has 1 amide bonds. The third-order valence-corrected chi connectivity index (χ3v) is 5.99. The number of aliphatic hydroxyl groups excluding tert-OH is 1. The van der Waals surface area contributed by atoms with Crippen molar-refractivity contribution >= 4 is 40.4 Å². The zero-order valence-corrected chi connectivity index (χ0v) is 18.3. The number of hydrogen-bond acceptors (Lipinski definition) is 6. The van der Waals surface area contributed by atoms with E-state index < -0.39 is 17.7 Å². The van der Waals surface area contributed by atoms with Gasteiger partial charge >= 0.3 is 0 Å². The predicted molar refractivity (Wildman–Crippen MR) is 115 cm³/mol. The number of ketones is 1. The summed E-state index contributed by atoms with van der Waals surface area (Å²) in [6.07, 6.45) is 0. The van der Waals surface area contributed by atoms with Gasteiger partial charge in [-0.1, -0.05) is 17.7 Å². The third kappa shape index (κ3) is 4.03. The van der Waals surface area contributed by atoms with Crippen LogP contribution in [0.25, 0.3) is 5.76 Å². The van der Waals surface area contributed by atoms with Gasteiger partial charge in [0.2, 0.25) is 0 Å². The molecule has 0 aliphatic carbocycles. The summed E-state index contributed by atoms with van der Waals surface area (Å²) in [5.74, 6) is -1.35. The van der Waals surface area contributed by atoms with E-state index in [4.69, 9.17) is 16.3 Å². The number of Topliss-reactive ketones (excluding diaryl/α,β-unsaturated/α-hetero) is 1. The van der Waals surface area contributed by atoms with Gasteiger partial charge in [0.25, 0.3) is 11.7 Å². The molecule has 29 heavy (non-hydrogen) atoms. The molecule has 6 nitrogen and oxygen atoms in total. The number of halogens is 1. The van der Waals surface area contributed by atoms with Crippen LogP contribution in [0, 0.1) is 6.92 Å². The van der Waals surface area contributed by atoms with E-state index in [1.165, 1.54) is 23.3 Å². The van der Waals surface area contributed by atoms with E-state index in [1.807, 2.05) is 43.4 Å². The van der Waals surface area contributed by atoms with Crippen molar-refractivity contribution in [2.75, 3.05) is 34.3 Å². The van der Waals surface area contributed by atoms with Gasteiger partial charge in [-0.3, -0.25) is 9.59 Å². The molecular formula is C21H23ClN2O4S. The third-order valence-electron chi connectivity index (χ3n) is 4.79. The zero-order valence-electron chi connectivity index (χ0n) is 16.7.